The second kappa shape index (κ2) is 7.36. The summed E-state index contributed by atoms with van der Waals surface area (Å²) in [6.07, 6.45) is 4.62. The molecular weight excluding hydrogens is 402 g/mol. The molecule has 0 atom stereocenters. The Bertz CT molecular complexity index is 1010. The number of hydrogen-bond acceptors (Lipinski definition) is 3. The number of carboxylic acid groups (broad SMARTS) is 1. The fraction of sp³-hybridized carbons (Fsp3) is 0.481. The first-order chi connectivity index (χ1) is 15.2. The summed E-state index contributed by atoms with van der Waals surface area (Å²) in [4.78, 5) is 24.8. The molecule has 2 N–H and O–H groups in total. The summed E-state index contributed by atoms with van der Waals surface area (Å²) in [5.74, 6) is -0.997. The van der Waals surface area contributed by atoms with Gasteiger partial charge in [-0.15, -0.1) is 0 Å². The molecule has 3 aliphatic rings. The van der Waals surface area contributed by atoms with E-state index in [0.717, 1.165) is 36.8 Å². The zero-order chi connectivity index (χ0) is 22.6. The van der Waals surface area contributed by atoms with Crippen molar-refractivity contribution in [2.75, 3.05) is 6.61 Å². The van der Waals surface area contributed by atoms with Gasteiger partial charge in [-0.05, 0) is 71.6 Å². The Balaban J connectivity index is 1.25. The topological polar surface area (TPSA) is 75.6 Å². The Morgan fingerprint density at radius 1 is 0.938 bits per heavy atom. The number of carbonyl (C=O) groups excluding carboxylic acids is 1. The molecule has 2 saturated carbocycles. The van der Waals surface area contributed by atoms with Crippen molar-refractivity contribution in [3.8, 4) is 11.1 Å². The quantitative estimate of drug-likeness (QED) is 0.646. The van der Waals surface area contributed by atoms with E-state index in [0.29, 0.717) is 18.3 Å². The van der Waals surface area contributed by atoms with E-state index in [2.05, 4.69) is 43.4 Å². The predicted molar refractivity (Wildman–Crippen MR) is 122 cm³/mol. The van der Waals surface area contributed by atoms with Crippen LogP contribution in [0.3, 0.4) is 0 Å². The van der Waals surface area contributed by atoms with Crippen molar-refractivity contribution < 1.29 is 19.4 Å². The summed E-state index contributed by atoms with van der Waals surface area (Å²) in [5, 5.41) is 12.7. The van der Waals surface area contributed by atoms with Crippen LogP contribution in [0.1, 0.15) is 69.4 Å². The average molecular weight is 434 g/mol. The van der Waals surface area contributed by atoms with Gasteiger partial charge in [0.1, 0.15) is 12.1 Å². The number of benzene rings is 2. The first kappa shape index (κ1) is 21.0. The van der Waals surface area contributed by atoms with E-state index >= 15 is 0 Å². The fourth-order valence-electron chi connectivity index (χ4n) is 6.16. The summed E-state index contributed by atoms with van der Waals surface area (Å²) in [6, 6.07) is 16.3. The Morgan fingerprint density at radius 3 is 2.00 bits per heavy atom. The molecule has 32 heavy (non-hydrogen) atoms. The number of amides is 1. The number of alkyl carbamates (subject to hydrolysis) is 1. The van der Waals surface area contributed by atoms with Crippen molar-refractivity contribution in [3.05, 3.63) is 59.7 Å². The van der Waals surface area contributed by atoms with Gasteiger partial charge in [-0.25, -0.2) is 9.59 Å². The fourth-order valence-corrected chi connectivity index (χ4v) is 6.16. The van der Waals surface area contributed by atoms with Crippen LogP contribution in [0.5, 0.6) is 0 Å². The Morgan fingerprint density at radius 2 is 1.47 bits per heavy atom. The SMILES string of the molecule is CC1(C)CCC2(CC1)CC(NC(=O)OCC1c3ccccc3-c3ccccc31)(C(=O)O)C2. The maximum Gasteiger partial charge on any atom is 0.408 e. The van der Waals surface area contributed by atoms with Gasteiger partial charge in [-0.1, -0.05) is 62.4 Å². The molecule has 0 unspecified atom stereocenters. The van der Waals surface area contributed by atoms with E-state index in [1.807, 2.05) is 24.3 Å². The van der Waals surface area contributed by atoms with Crippen molar-refractivity contribution in [1.29, 1.82) is 0 Å². The van der Waals surface area contributed by atoms with Gasteiger partial charge >= 0.3 is 12.1 Å². The van der Waals surface area contributed by atoms with Crippen LogP contribution in [0, 0.1) is 10.8 Å². The molecule has 5 nitrogen and oxygen atoms in total. The van der Waals surface area contributed by atoms with Crippen molar-refractivity contribution >= 4 is 12.1 Å². The lowest BCUT2D eigenvalue weighted by Crippen LogP contribution is -2.67. The van der Waals surface area contributed by atoms with Crippen LogP contribution in [-0.2, 0) is 9.53 Å². The smallest absolute Gasteiger partial charge is 0.408 e. The molecule has 3 aliphatic carbocycles. The van der Waals surface area contributed by atoms with Crippen LogP contribution in [0.2, 0.25) is 0 Å². The van der Waals surface area contributed by atoms with E-state index < -0.39 is 17.6 Å². The largest absolute Gasteiger partial charge is 0.480 e. The molecule has 0 bridgehead atoms. The van der Waals surface area contributed by atoms with Crippen LogP contribution in [0.25, 0.3) is 11.1 Å². The number of nitrogens with one attached hydrogen (secondary N) is 1. The van der Waals surface area contributed by atoms with Crippen molar-refractivity contribution in [3.63, 3.8) is 0 Å². The standard InChI is InChI=1S/C27H31NO4/c1-25(2)11-13-26(14-12-25)16-27(17-26,23(29)30)28-24(31)32-15-22-20-9-5-3-7-18(20)19-8-4-6-10-21(19)22/h3-10,22H,11-17H2,1-2H3,(H,28,31)(H,29,30). The van der Waals surface area contributed by atoms with Gasteiger partial charge in [-0.3, -0.25) is 0 Å². The van der Waals surface area contributed by atoms with Crippen LogP contribution in [0.15, 0.2) is 48.5 Å². The van der Waals surface area contributed by atoms with Gasteiger partial charge < -0.3 is 15.2 Å². The molecule has 0 heterocycles. The second-order valence-corrected chi connectivity index (χ2v) is 10.9. The molecule has 0 radical (unpaired) electrons. The van der Waals surface area contributed by atoms with E-state index in [9.17, 15) is 14.7 Å². The highest BCUT2D eigenvalue weighted by atomic mass is 16.5. The number of fused-ring (bicyclic) bond motifs is 3. The molecule has 2 aromatic carbocycles. The maximum atomic E-state index is 12.7. The van der Waals surface area contributed by atoms with E-state index in [1.165, 1.54) is 11.1 Å². The minimum atomic E-state index is -1.20. The molecule has 1 amide bonds. The highest BCUT2D eigenvalue weighted by Gasteiger charge is 2.61. The van der Waals surface area contributed by atoms with Crippen LogP contribution >= 0.6 is 0 Å². The van der Waals surface area contributed by atoms with Crippen molar-refractivity contribution in [1.82, 2.24) is 5.32 Å². The molecule has 2 fully saturated rings. The van der Waals surface area contributed by atoms with Gasteiger partial charge in [0.05, 0.1) is 0 Å². The zero-order valence-electron chi connectivity index (χ0n) is 18.8. The number of rotatable bonds is 4. The van der Waals surface area contributed by atoms with E-state index in [1.54, 1.807) is 0 Å². The normalized spacial score (nSPS) is 21.8. The monoisotopic (exact) mass is 433 g/mol. The summed E-state index contributed by atoms with van der Waals surface area (Å²) < 4.78 is 5.62. The highest BCUT2D eigenvalue weighted by Crippen LogP contribution is 2.59. The minimum Gasteiger partial charge on any atom is -0.480 e. The maximum absolute atomic E-state index is 12.7. The lowest BCUT2D eigenvalue weighted by atomic mass is 9.49. The Hall–Kier alpha value is -2.82. The molecule has 0 aliphatic heterocycles. The third-order valence-electron chi connectivity index (χ3n) is 8.11. The minimum absolute atomic E-state index is 0.0396. The van der Waals surface area contributed by atoms with Crippen molar-refractivity contribution in [2.24, 2.45) is 10.8 Å². The molecular formula is C27H31NO4. The highest BCUT2D eigenvalue weighted by molar-refractivity contribution is 5.86. The van der Waals surface area contributed by atoms with E-state index in [-0.39, 0.29) is 17.9 Å². The van der Waals surface area contributed by atoms with Crippen LogP contribution < -0.4 is 5.32 Å². The number of hydrogen-bond donors (Lipinski definition) is 2. The molecule has 5 rings (SSSR count). The third kappa shape index (κ3) is 3.48. The first-order valence-corrected chi connectivity index (χ1v) is 11.6. The van der Waals surface area contributed by atoms with Gasteiger partial charge in [0.25, 0.3) is 0 Å². The van der Waals surface area contributed by atoms with Crippen LogP contribution in [0.4, 0.5) is 4.79 Å². The molecule has 5 heteroatoms. The van der Waals surface area contributed by atoms with Gasteiger partial charge in [0.15, 0.2) is 0 Å². The predicted octanol–water partition coefficient (Wildman–Crippen LogP) is 5.73. The lowest BCUT2D eigenvalue weighted by molar-refractivity contribution is -0.159. The van der Waals surface area contributed by atoms with Crippen LogP contribution in [-0.4, -0.2) is 29.3 Å². The summed E-state index contributed by atoms with van der Waals surface area (Å²) >= 11 is 0. The summed E-state index contributed by atoms with van der Waals surface area (Å²) in [6.45, 7) is 4.74. The number of ether oxygens (including phenoxy) is 1. The molecule has 0 saturated heterocycles. The Labute approximate surface area is 189 Å². The molecule has 1 spiro atoms. The van der Waals surface area contributed by atoms with Gasteiger partial charge in [0, 0.05) is 5.92 Å². The number of aliphatic carboxylic acids is 1. The molecule has 0 aromatic heterocycles. The first-order valence-electron chi connectivity index (χ1n) is 11.6. The lowest BCUT2D eigenvalue weighted by Gasteiger charge is -2.57. The number of carboxylic acids is 1. The van der Waals surface area contributed by atoms with Gasteiger partial charge in [0.2, 0.25) is 0 Å². The Kier molecular flexibility index (Phi) is 4.84. The second-order valence-electron chi connectivity index (χ2n) is 10.9. The average Bonchev–Trinajstić information content (AvgIpc) is 3.06. The van der Waals surface area contributed by atoms with Gasteiger partial charge in [-0.2, -0.15) is 0 Å². The van der Waals surface area contributed by atoms with Crippen molar-refractivity contribution in [2.45, 2.75) is 63.8 Å². The molecule has 2 aromatic rings. The molecule has 168 valence electrons. The summed E-state index contributed by atoms with van der Waals surface area (Å²) in [5.41, 5.74) is 3.78. The van der Waals surface area contributed by atoms with E-state index in [4.69, 9.17) is 4.74 Å². The zero-order valence-corrected chi connectivity index (χ0v) is 18.8. The third-order valence-corrected chi connectivity index (χ3v) is 8.11. The summed E-state index contributed by atoms with van der Waals surface area (Å²) in [7, 11) is 0. The number of carbonyl (C=O) groups is 2.